The minimum absolute atomic E-state index is 0.0117. The number of aromatic nitrogens is 2. The Morgan fingerprint density at radius 1 is 1.00 bits per heavy atom. The van der Waals surface area contributed by atoms with E-state index in [2.05, 4.69) is 9.97 Å². The molecular weight excluding hydrogens is 333 g/mol. The third-order valence-corrected chi connectivity index (χ3v) is 3.74. The Morgan fingerprint density at radius 3 is 2.44 bits per heavy atom. The SMILES string of the molecule is CC(Oc1cccc2nc(N)nc(N)c12)c1ccccc1C(F)(F)F. The normalized spacial score (nSPS) is 13.0. The van der Waals surface area contributed by atoms with Gasteiger partial charge in [-0.15, -0.1) is 0 Å². The quantitative estimate of drug-likeness (QED) is 0.748. The molecule has 0 aliphatic heterocycles. The molecule has 1 aromatic heterocycles. The summed E-state index contributed by atoms with van der Waals surface area (Å²) < 4.78 is 45.4. The minimum atomic E-state index is -4.47. The summed E-state index contributed by atoms with van der Waals surface area (Å²) in [6, 6.07) is 10.2. The van der Waals surface area contributed by atoms with Gasteiger partial charge in [0.1, 0.15) is 17.7 Å². The lowest BCUT2D eigenvalue weighted by Crippen LogP contribution is -2.14. The number of halogens is 3. The molecule has 3 rings (SSSR count). The van der Waals surface area contributed by atoms with E-state index < -0.39 is 17.8 Å². The number of ether oxygens (including phenoxy) is 1. The number of nitrogens with zero attached hydrogens (tertiary/aromatic N) is 2. The van der Waals surface area contributed by atoms with Gasteiger partial charge in [-0.05, 0) is 25.1 Å². The average molecular weight is 348 g/mol. The van der Waals surface area contributed by atoms with Crippen molar-refractivity contribution in [3.8, 4) is 5.75 Å². The second kappa shape index (κ2) is 6.12. The van der Waals surface area contributed by atoms with E-state index in [9.17, 15) is 13.2 Å². The Labute approximate surface area is 141 Å². The van der Waals surface area contributed by atoms with Gasteiger partial charge in [0.15, 0.2) is 0 Å². The molecule has 5 nitrogen and oxygen atoms in total. The predicted molar refractivity (Wildman–Crippen MR) is 88.8 cm³/mol. The maximum Gasteiger partial charge on any atom is 0.416 e. The zero-order valence-electron chi connectivity index (χ0n) is 13.2. The molecular formula is C17H15F3N4O. The van der Waals surface area contributed by atoms with E-state index in [0.29, 0.717) is 16.7 Å². The zero-order chi connectivity index (χ0) is 18.2. The first-order valence-electron chi connectivity index (χ1n) is 7.42. The number of nitrogens with two attached hydrogens (primary N) is 2. The van der Waals surface area contributed by atoms with E-state index in [1.54, 1.807) is 18.2 Å². The van der Waals surface area contributed by atoms with Crippen LogP contribution in [0.3, 0.4) is 0 Å². The number of fused-ring (bicyclic) bond motifs is 1. The van der Waals surface area contributed by atoms with E-state index in [4.69, 9.17) is 16.2 Å². The molecule has 0 aliphatic rings. The summed E-state index contributed by atoms with van der Waals surface area (Å²) in [4.78, 5) is 7.94. The third-order valence-electron chi connectivity index (χ3n) is 3.74. The summed E-state index contributed by atoms with van der Waals surface area (Å²) in [5.41, 5.74) is 11.2. The summed E-state index contributed by atoms with van der Waals surface area (Å²) in [6.45, 7) is 1.54. The molecule has 25 heavy (non-hydrogen) atoms. The van der Waals surface area contributed by atoms with E-state index in [-0.39, 0.29) is 17.3 Å². The Morgan fingerprint density at radius 2 is 1.72 bits per heavy atom. The van der Waals surface area contributed by atoms with Crippen molar-refractivity contribution < 1.29 is 17.9 Å². The second-order valence-electron chi connectivity index (χ2n) is 5.46. The molecule has 130 valence electrons. The van der Waals surface area contributed by atoms with Crippen molar-refractivity contribution in [3.05, 3.63) is 53.6 Å². The van der Waals surface area contributed by atoms with Gasteiger partial charge in [-0.1, -0.05) is 24.3 Å². The molecule has 1 unspecified atom stereocenters. The van der Waals surface area contributed by atoms with Gasteiger partial charge in [0.25, 0.3) is 0 Å². The van der Waals surface area contributed by atoms with Gasteiger partial charge in [0.05, 0.1) is 16.5 Å². The molecule has 3 aromatic rings. The molecule has 0 radical (unpaired) electrons. The molecule has 0 spiro atoms. The van der Waals surface area contributed by atoms with Crippen LogP contribution in [0.4, 0.5) is 24.9 Å². The highest BCUT2D eigenvalue weighted by Crippen LogP contribution is 2.37. The maximum atomic E-state index is 13.2. The number of alkyl halides is 3. The fraction of sp³-hybridized carbons (Fsp3) is 0.176. The molecule has 0 aliphatic carbocycles. The molecule has 0 saturated carbocycles. The van der Waals surface area contributed by atoms with Crippen LogP contribution in [-0.4, -0.2) is 9.97 Å². The summed E-state index contributed by atoms with van der Waals surface area (Å²) >= 11 is 0. The summed E-state index contributed by atoms with van der Waals surface area (Å²) in [7, 11) is 0. The number of anilines is 2. The molecule has 4 N–H and O–H groups in total. The molecule has 0 saturated heterocycles. The van der Waals surface area contributed by atoms with Crippen molar-refractivity contribution in [3.63, 3.8) is 0 Å². The Bertz CT molecular complexity index is 927. The van der Waals surface area contributed by atoms with E-state index in [1.165, 1.54) is 25.1 Å². The van der Waals surface area contributed by atoms with Crippen molar-refractivity contribution in [2.24, 2.45) is 0 Å². The van der Waals surface area contributed by atoms with Gasteiger partial charge in [0, 0.05) is 5.56 Å². The lowest BCUT2D eigenvalue weighted by molar-refractivity contribution is -0.138. The van der Waals surface area contributed by atoms with E-state index in [0.717, 1.165) is 6.07 Å². The highest BCUT2D eigenvalue weighted by molar-refractivity contribution is 5.94. The number of hydrogen-bond donors (Lipinski definition) is 2. The second-order valence-corrected chi connectivity index (χ2v) is 5.46. The summed E-state index contributed by atoms with van der Waals surface area (Å²) in [5.74, 6) is 0.409. The largest absolute Gasteiger partial charge is 0.485 e. The average Bonchev–Trinajstić information content (AvgIpc) is 2.53. The van der Waals surface area contributed by atoms with E-state index >= 15 is 0 Å². The van der Waals surface area contributed by atoms with Gasteiger partial charge < -0.3 is 16.2 Å². The number of nitrogen functional groups attached to an aromatic ring is 2. The highest BCUT2D eigenvalue weighted by Gasteiger charge is 2.34. The Balaban J connectivity index is 2.03. The highest BCUT2D eigenvalue weighted by atomic mass is 19.4. The number of rotatable bonds is 3. The van der Waals surface area contributed by atoms with Gasteiger partial charge in [-0.3, -0.25) is 0 Å². The van der Waals surface area contributed by atoms with Crippen LogP contribution in [0, 0.1) is 0 Å². The topological polar surface area (TPSA) is 87.0 Å². The van der Waals surface area contributed by atoms with Gasteiger partial charge in [0.2, 0.25) is 5.95 Å². The standard InChI is InChI=1S/C17H15F3N4O/c1-9(10-5-2-3-6-11(10)17(18,19)20)25-13-8-4-7-12-14(13)15(21)24-16(22)23-12/h2-9H,1H3,(H4,21,22,23,24). The van der Waals surface area contributed by atoms with Crippen LogP contribution >= 0.6 is 0 Å². The van der Waals surface area contributed by atoms with Gasteiger partial charge in [-0.25, -0.2) is 4.98 Å². The van der Waals surface area contributed by atoms with Crippen molar-refractivity contribution in [2.45, 2.75) is 19.2 Å². The Kier molecular flexibility index (Phi) is 4.12. The molecule has 2 aromatic carbocycles. The van der Waals surface area contributed by atoms with Crippen LogP contribution in [0.25, 0.3) is 10.9 Å². The van der Waals surface area contributed by atoms with Crippen LogP contribution in [0.2, 0.25) is 0 Å². The first-order chi connectivity index (χ1) is 11.8. The fourth-order valence-corrected chi connectivity index (χ4v) is 2.66. The number of benzene rings is 2. The van der Waals surface area contributed by atoms with E-state index in [1.807, 2.05) is 0 Å². The maximum absolute atomic E-state index is 13.2. The third kappa shape index (κ3) is 3.28. The minimum Gasteiger partial charge on any atom is -0.485 e. The zero-order valence-corrected chi connectivity index (χ0v) is 13.2. The smallest absolute Gasteiger partial charge is 0.416 e. The van der Waals surface area contributed by atoms with Crippen LogP contribution in [0.5, 0.6) is 5.75 Å². The lowest BCUT2D eigenvalue weighted by Gasteiger charge is -2.20. The first-order valence-corrected chi connectivity index (χ1v) is 7.42. The fourth-order valence-electron chi connectivity index (χ4n) is 2.66. The summed E-state index contributed by atoms with van der Waals surface area (Å²) in [6.07, 6.45) is -5.33. The van der Waals surface area contributed by atoms with Crippen LogP contribution in [-0.2, 0) is 6.18 Å². The van der Waals surface area contributed by atoms with Gasteiger partial charge in [-0.2, -0.15) is 18.2 Å². The molecule has 0 amide bonds. The van der Waals surface area contributed by atoms with Crippen LogP contribution in [0.15, 0.2) is 42.5 Å². The van der Waals surface area contributed by atoms with Crippen molar-refractivity contribution >= 4 is 22.7 Å². The number of hydrogen-bond acceptors (Lipinski definition) is 5. The summed E-state index contributed by atoms with van der Waals surface area (Å²) in [5, 5.41) is 0.410. The predicted octanol–water partition coefficient (Wildman–Crippen LogP) is 3.95. The first kappa shape index (κ1) is 16.8. The van der Waals surface area contributed by atoms with Crippen LogP contribution < -0.4 is 16.2 Å². The molecule has 8 heteroatoms. The Hall–Kier alpha value is -3.03. The lowest BCUT2D eigenvalue weighted by atomic mass is 10.0. The monoisotopic (exact) mass is 348 g/mol. The van der Waals surface area contributed by atoms with Crippen molar-refractivity contribution in [1.82, 2.24) is 9.97 Å². The molecule has 0 fully saturated rings. The molecule has 1 atom stereocenters. The van der Waals surface area contributed by atoms with Crippen LogP contribution in [0.1, 0.15) is 24.2 Å². The van der Waals surface area contributed by atoms with Gasteiger partial charge >= 0.3 is 6.18 Å². The van der Waals surface area contributed by atoms with Crippen molar-refractivity contribution in [1.29, 1.82) is 0 Å². The molecule has 0 bridgehead atoms. The molecule has 1 heterocycles. The van der Waals surface area contributed by atoms with Crippen molar-refractivity contribution in [2.75, 3.05) is 11.5 Å².